The molecule has 0 heterocycles. The molecule has 0 bridgehead atoms. The zero-order chi connectivity index (χ0) is 14.7. The van der Waals surface area contributed by atoms with Gasteiger partial charge in [-0.2, -0.15) is 0 Å². The fourth-order valence-electron chi connectivity index (χ4n) is 3.06. The summed E-state index contributed by atoms with van der Waals surface area (Å²) in [4.78, 5) is 11.5. The van der Waals surface area contributed by atoms with Crippen molar-refractivity contribution in [2.75, 3.05) is 6.54 Å². The van der Waals surface area contributed by atoms with E-state index in [-0.39, 0.29) is 6.04 Å². The van der Waals surface area contributed by atoms with Crippen molar-refractivity contribution in [3.05, 3.63) is 71.3 Å². The molecule has 2 N–H and O–H groups in total. The Bertz CT molecular complexity index is 624. The predicted octanol–water partition coefficient (Wildman–Crippen LogP) is 3.13. The van der Waals surface area contributed by atoms with Crippen LogP contribution in [-0.2, 0) is 11.2 Å². The number of rotatable bonds is 5. The fraction of sp³-hybridized carbons (Fsp3) is 0.278. The number of hydrogen-bond acceptors (Lipinski definition) is 2. The molecule has 108 valence electrons. The Morgan fingerprint density at radius 3 is 2.62 bits per heavy atom. The first-order valence-corrected chi connectivity index (χ1v) is 7.34. The van der Waals surface area contributed by atoms with E-state index in [1.165, 1.54) is 11.1 Å². The molecule has 3 heteroatoms. The van der Waals surface area contributed by atoms with Crippen LogP contribution < -0.4 is 5.32 Å². The van der Waals surface area contributed by atoms with Crippen LogP contribution in [0.1, 0.15) is 35.1 Å². The molecule has 2 aromatic carbocycles. The van der Waals surface area contributed by atoms with Gasteiger partial charge in [0.25, 0.3) is 0 Å². The number of hydrogen-bond donors (Lipinski definition) is 2. The predicted molar refractivity (Wildman–Crippen MR) is 82.3 cm³/mol. The van der Waals surface area contributed by atoms with Crippen LogP contribution in [0.5, 0.6) is 0 Å². The Kier molecular flexibility index (Phi) is 4.02. The van der Waals surface area contributed by atoms with E-state index in [2.05, 4.69) is 23.5 Å². The van der Waals surface area contributed by atoms with Gasteiger partial charge in [-0.1, -0.05) is 54.6 Å². The lowest BCUT2D eigenvalue weighted by Gasteiger charge is -2.18. The van der Waals surface area contributed by atoms with Crippen molar-refractivity contribution in [1.82, 2.24) is 5.32 Å². The maximum Gasteiger partial charge on any atom is 0.312 e. The molecule has 0 aromatic heterocycles. The van der Waals surface area contributed by atoms with Crippen LogP contribution in [0.3, 0.4) is 0 Å². The third-order valence-electron chi connectivity index (χ3n) is 4.20. The zero-order valence-corrected chi connectivity index (χ0v) is 11.8. The van der Waals surface area contributed by atoms with Gasteiger partial charge >= 0.3 is 5.97 Å². The number of carbonyl (C=O) groups is 1. The van der Waals surface area contributed by atoms with Gasteiger partial charge in [-0.25, -0.2) is 0 Å². The summed E-state index contributed by atoms with van der Waals surface area (Å²) in [5.41, 5.74) is 3.54. The molecule has 0 spiro atoms. The van der Waals surface area contributed by atoms with Crippen molar-refractivity contribution < 1.29 is 9.90 Å². The SMILES string of the molecule is O=C(O)C(CNC1CCc2ccccc21)c1ccccc1. The average Bonchev–Trinajstić information content (AvgIpc) is 2.92. The van der Waals surface area contributed by atoms with Crippen LogP contribution in [0.4, 0.5) is 0 Å². The summed E-state index contributed by atoms with van der Waals surface area (Å²) < 4.78 is 0. The minimum Gasteiger partial charge on any atom is -0.481 e. The summed E-state index contributed by atoms with van der Waals surface area (Å²) in [5, 5.41) is 12.9. The summed E-state index contributed by atoms with van der Waals surface area (Å²) in [6.45, 7) is 0.457. The summed E-state index contributed by atoms with van der Waals surface area (Å²) in [6.07, 6.45) is 2.11. The third-order valence-corrected chi connectivity index (χ3v) is 4.20. The van der Waals surface area contributed by atoms with Crippen LogP contribution in [0, 0.1) is 0 Å². The first kappa shape index (κ1) is 13.8. The lowest BCUT2D eigenvalue weighted by atomic mass is 9.98. The highest BCUT2D eigenvalue weighted by Gasteiger charge is 2.25. The van der Waals surface area contributed by atoms with E-state index in [1.54, 1.807) is 0 Å². The Labute approximate surface area is 124 Å². The zero-order valence-electron chi connectivity index (χ0n) is 11.8. The Morgan fingerprint density at radius 2 is 1.86 bits per heavy atom. The largest absolute Gasteiger partial charge is 0.481 e. The normalized spacial score (nSPS) is 18.2. The van der Waals surface area contributed by atoms with E-state index >= 15 is 0 Å². The van der Waals surface area contributed by atoms with E-state index in [0.29, 0.717) is 6.54 Å². The number of benzene rings is 2. The van der Waals surface area contributed by atoms with Gasteiger partial charge in [0.15, 0.2) is 0 Å². The van der Waals surface area contributed by atoms with E-state index in [4.69, 9.17) is 0 Å². The van der Waals surface area contributed by atoms with Crippen molar-refractivity contribution in [3.63, 3.8) is 0 Å². The molecule has 1 aliphatic rings. The van der Waals surface area contributed by atoms with Gasteiger partial charge in [-0.05, 0) is 29.5 Å². The average molecular weight is 281 g/mol. The number of nitrogens with one attached hydrogen (secondary N) is 1. The van der Waals surface area contributed by atoms with E-state index in [0.717, 1.165) is 18.4 Å². The van der Waals surface area contributed by atoms with Gasteiger partial charge in [0.2, 0.25) is 0 Å². The standard InChI is InChI=1S/C18H19NO2/c20-18(21)16(13-6-2-1-3-7-13)12-19-17-11-10-14-8-4-5-9-15(14)17/h1-9,16-17,19H,10-12H2,(H,20,21). The smallest absolute Gasteiger partial charge is 0.312 e. The molecule has 0 amide bonds. The summed E-state index contributed by atoms with van der Waals surface area (Å²) in [7, 11) is 0. The molecule has 1 aliphatic carbocycles. The third kappa shape index (κ3) is 2.98. The van der Waals surface area contributed by atoms with Gasteiger partial charge in [-0.15, -0.1) is 0 Å². The van der Waals surface area contributed by atoms with Gasteiger partial charge in [0, 0.05) is 12.6 Å². The van der Waals surface area contributed by atoms with Gasteiger partial charge < -0.3 is 10.4 Å². The van der Waals surface area contributed by atoms with E-state index < -0.39 is 11.9 Å². The lowest BCUT2D eigenvalue weighted by molar-refractivity contribution is -0.138. The molecule has 2 unspecified atom stereocenters. The number of carboxylic acid groups (broad SMARTS) is 1. The Hall–Kier alpha value is -2.13. The summed E-state index contributed by atoms with van der Waals surface area (Å²) in [5.74, 6) is -1.28. The number of carboxylic acids is 1. The molecule has 0 radical (unpaired) electrons. The summed E-state index contributed by atoms with van der Waals surface area (Å²) in [6, 6.07) is 18.1. The first-order valence-electron chi connectivity index (χ1n) is 7.34. The van der Waals surface area contributed by atoms with E-state index in [1.807, 2.05) is 36.4 Å². The highest BCUT2D eigenvalue weighted by molar-refractivity contribution is 5.76. The van der Waals surface area contributed by atoms with Gasteiger partial charge in [0.1, 0.15) is 0 Å². The molecule has 0 saturated heterocycles. The number of fused-ring (bicyclic) bond motifs is 1. The molecule has 3 nitrogen and oxygen atoms in total. The molecule has 0 saturated carbocycles. The second kappa shape index (κ2) is 6.10. The van der Waals surface area contributed by atoms with Crippen molar-refractivity contribution in [2.24, 2.45) is 0 Å². The quantitative estimate of drug-likeness (QED) is 0.885. The monoisotopic (exact) mass is 281 g/mol. The van der Waals surface area contributed by atoms with Crippen molar-refractivity contribution >= 4 is 5.97 Å². The van der Waals surface area contributed by atoms with Crippen LogP contribution in [0.2, 0.25) is 0 Å². The fourth-order valence-corrected chi connectivity index (χ4v) is 3.06. The first-order chi connectivity index (χ1) is 10.3. The maximum absolute atomic E-state index is 11.5. The topological polar surface area (TPSA) is 49.3 Å². The molecule has 3 rings (SSSR count). The highest BCUT2D eigenvalue weighted by Crippen LogP contribution is 2.31. The number of aliphatic carboxylic acids is 1. The van der Waals surface area contributed by atoms with Crippen LogP contribution in [-0.4, -0.2) is 17.6 Å². The minimum atomic E-state index is -0.778. The Balaban J connectivity index is 1.70. The second-order valence-corrected chi connectivity index (χ2v) is 5.50. The second-order valence-electron chi connectivity index (χ2n) is 5.50. The molecular formula is C18H19NO2. The molecule has 0 aliphatic heterocycles. The van der Waals surface area contributed by atoms with Crippen molar-refractivity contribution in [1.29, 1.82) is 0 Å². The molecule has 2 aromatic rings. The van der Waals surface area contributed by atoms with Gasteiger partial charge in [0.05, 0.1) is 5.92 Å². The Morgan fingerprint density at radius 1 is 1.14 bits per heavy atom. The van der Waals surface area contributed by atoms with Crippen molar-refractivity contribution in [3.8, 4) is 0 Å². The molecule has 21 heavy (non-hydrogen) atoms. The minimum absolute atomic E-state index is 0.270. The van der Waals surface area contributed by atoms with E-state index in [9.17, 15) is 9.90 Å². The molecule has 0 fully saturated rings. The maximum atomic E-state index is 11.5. The van der Waals surface area contributed by atoms with Crippen LogP contribution >= 0.6 is 0 Å². The molecular weight excluding hydrogens is 262 g/mol. The van der Waals surface area contributed by atoms with Crippen LogP contribution in [0.15, 0.2) is 54.6 Å². The number of aryl methyl sites for hydroxylation is 1. The molecule has 2 atom stereocenters. The van der Waals surface area contributed by atoms with Gasteiger partial charge in [-0.3, -0.25) is 4.79 Å². The lowest BCUT2D eigenvalue weighted by Crippen LogP contribution is -2.29. The highest BCUT2D eigenvalue weighted by atomic mass is 16.4. The summed E-state index contributed by atoms with van der Waals surface area (Å²) >= 11 is 0. The van der Waals surface area contributed by atoms with Crippen LogP contribution in [0.25, 0.3) is 0 Å². The van der Waals surface area contributed by atoms with Crippen molar-refractivity contribution in [2.45, 2.75) is 24.8 Å².